The minimum absolute atomic E-state index is 0.0422. The minimum atomic E-state index is -6.28. The Hall–Kier alpha value is -3.55. The molecule has 14 atom stereocenters. The molecule has 14 nitrogen and oxygen atoms in total. The van der Waals surface area contributed by atoms with Crippen LogP contribution in [0.5, 0.6) is 0 Å². The Kier molecular flexibility index (Phi) is 30.1. The third-order valence-electron chi connectivity index (χ3n) is 20.1. The Morgan fingerprint density at radius 2 is 1.02 bits per heavy atom. The van der Waals surface area contributed by atoms with Crippen molar-refractivity contribution in [1.29, 1.82) is 0 Å². The molecule has 2 bridgehead atoms. The van der Waals surface area contributed by atoms with E-state index in [-0.39, 0.29) is 74.3 Å². The van der Waals surface area contributed by atoms with E-state index in [0.29, 0.717) is 11.8 Å². The number of alkyl halides is 17. The Balaban J connectivity index is 0.000000625. The first kappa shape index (κ1) is 89.5. The monoisotopic (exact) mass is 1420 g/mol. The van der Waals surface area contributed by atoms with Gasteiger partial charge in [-0.1, -0.05) is 47.5 Å². The van der Waals surface area contributed by atoms with E-state index in [9.17, 15) is 119 Å². The fourth-order valence-corrected chi connectivity index (χ4v) is 11.7. The standard InChI is InChI=1S/C18H25F9O4.C14H21F5O4.C14H26O3.C11H17F3O.C7H14O2/c1-5-13(2,3)12(28)31-11-7-9(14(4,29)16(19,20)21)6-10(8-11)15(30,17(22,23)24)18(25,26)27;1-6-10(2,3)9(20)22-8-7-11(4,21)23-12(5,13(8,15)16)14(17,18)19;1-5-10(2)13(15)17-12-9-7-6-8-11(12)14(3,4)16;1-10(15,11(12,13)14)6-9-5-7-2-3-8(9)4-7;1-5-7(2,3)6(8)9-4/h9-11,29-30H,5-8H2,1-4H3;8,21H,6-7H2,1-5H3;10-12,16H,5-9H2,1-4H3;7-9,15H,2-6H2,1H3;5H2,1-4H3. The second-order valence-corrected chi connectivity index (χ2v) is 29.5. The highest BCUT2D eigenvalue weighted by molar-refractivity contribution is 5.77. The van der Waals surface area contributed by atoms with E-state index in [2.05, 4.69) is 14.2 Å². The van der Waals surface area contributed by atoms with Crippen molar-refractivity contribution in [3.05, 3.63) is 0 Å². The predicted molar refractivity (Wildman–Crippen MR) is 312 cm³/mol. The predicted octanol–water partition coefficient (Wildman–Crippen LogP) is 16.0. The molecule has 5 N–H and O–H groups in total. The van der Waals surface area contributed by atoms with Crippen LogP contribution in [-0.2, 0) is 42.9 Å². The normalized spacial score (nSPS) is 29.3. The number of methoxy groups -OCH3 is 1. The lowest BCUT2D eigenvalue weighted by molar-refractivity contribution is -0.436. The summed E-state index contributed by atoms with van der Waals surface area (Å²) in [6.45, 7) is 24.1. The number of fused-ring (bicyclic) bond motifs is 2. The summed E-state index contributed by atoms with van der Waals surface area (Å²) < 4.78 is 249. The Bertz CT molecular complexity index is 2450. The molecule has 5 rings (SSSR count). The van der Waals surface area contributed by atoms with E-state index < -0.39 is 143 Å². The van der Waals surface area contributed by atoms with Crippen molar-refractivity contribution in [2.24, 2.45) is 57.7 Å². The first-order valence-corrected chi connectivity index (χ1v) is 32.0. The van der Waals surface area contributed by atoms with Gasteiger partial charge in [0.1, 0.15) is 12.2 Å². The van der Waals surface area contributed by atoms with Gasteiger partial charge in [-0.2, -0.15) is 74.6 Å². The summed E-state index contributed by atoms with van der Waals surface area (Å²) in [6, 6.07) is 0. The number of carbonyl (C=O) groups is 4. The number of hydrogen-bond donors (Lipinski definition) is 5. The zero-order valence-corrected chi connectivity index (χ0v) is 57.6. The highest BCUT2D eigenvalue weighted by Crippen LogP contribution is 2.57. The second kappa shape index (κ2) is 32.0. The number of aliphatic hydroxyl groups is 5. The molecule has 4 saturated carbocycles. The van der Waals surface area contributed by atoms with Crippen molar-refractivity contribution in [2.75, 3.05) is 7.11 Å². The Morgan fingerprint density at radius 1 is 0.568 bits per heavy atom. The molecule has 0 aromatic rings. The van der Waals surface area contributed by atoms with Gasteiger partial charge in [0.15, 0.2) is 23.1 Å². The molecule has 4 aliphatic carbocycles. The number of esters is 4. The highest BCUT2D eigenvalue weighted by Gasteiger charge is 2.77. The molecule has 0 amide bonds. The van der Waals surface area contributed by atoms with Crippen molar-refractivity contribution in [2.45, 2.75) is 316 Å². The maximum absolute atomic E-state index is 14.4. The molecule has 5 aliphatic rings. The summed E-state index contributed by atoms with van der Waals surface area (Å²) in [5, 5.41) is 49.0. The molecular weight excluding hydrogens is 1320 g/mol. The van der Waals surface area contributed by atoms with E-state index >= 15 is 0 Å². The largest absolute Gasteiger partial charge is 0.469 e. The van der Waals surface area contributed by atoms with Gasteiger partial charge in [-0.05, 0) is 191 Å². The third-order valence-corrected chi connectivity index (χ3v) is 20.1. The van der Waals surface area contributed by atoms with Crippen LogP contribution in [0.2, 0.25) is 0 Å². The fraction of sp³-hybridized carbons (Fsp3) is 0.938. The van der Waals surface area contributed by atoms with Crippen molar-refractivity contribution in [3.63, 3.8) is 0 Å². The van der Waals surface area contributed by atoms with Crippen molar-refractivity contribution in [3.8, 4) is 0 Å². The highest BCUT2D eigenvalue weighted by atomic mass is 19.4. The Labute approximate surface area is 546 Å². The van der Waals surface area contributed by atoms with Crippen molar-refractivity contribution in [1.82, 2.24) is 0 Å². The summed E-state index contributed by atoms with van der Waals surface area (Å²) in [6.07, 6.45) is -26.6. The van der Waals surface area contributed by atoms with Gasteiger partial charge in [0.05, 0.1) is 34.9 Å². The first-order valence-electron chi connectivity index (χ1n) is 32.0. The molecule has 0 spiro atoms. The van der Waals surface area contributed by atoms with Gasteiger partial charge in [-0.3, -0.25) is 19.2 Å². The van der Waals surface area contributed by atoms with Gasteiger partial charge in [0.25, 0.3) is 5.60 Å². The van der Waals surface area contributed by atoms with Crippen LogP contribution in [-0.4, -0.2) is 145 Å². The zero-order valence-electron chi connectivity index (χ0n) is 57.6. The molecule has 1 heterocycles. The molecule has 1 aliphatic heterocycles. The van der Waals surface area contributed by atoms with Crippen molar-refractivity contribution < 1.29 is 143 Å². The van der Waals surface area contributed by atoms with Gasteiger partial charge in [-0.15, -0.1) is 0 Å². The average Bonchev–Trinajstić information content (AvgIpc) is 1.28. The first-order chi connectivity index (χ1) is 42.2. The smallest absolute Gasteiger partial charge is 0.426 e. The topological polar surface area (TPSA) is 216 Å². The van der Waals surface area contributed by atoms with Crippen LogP contribution in [0.1, 0.15) is 227 Å². The van der Waals surface area contributed by atoms with E-state index in [0.717, 1.165) is 71.6 Å². The van der Waals surface area contributed by atoms with Gasteiger partial charge < -0.3 is 49.2 Å². The molecule has 0 radical (unpaired) electrons. The average molecular weight is 1420 g/mol. The fourth-order valence-electron chi connectivity index (χ4n) is 11.7. The lowest BCUT2D eigenvalue weighted by atomic mass is 9.66. The zero-order chi connectivity index (χ0) is 75.1. The van der Waals surface area contributed by atoms with Gasteiger partial charge in [0.2, 0.25) is 5.60 Å². The van der Waals surface area contributed by atoms with Crippen LogP contribution in [0, 0.1) is 57.7 Å². The van der Waals surface area contributed by atoms with Gasteiger partial charge >= 0.3 is 60.7 Å². The van der Waals surface area contributed by atoms with E-state index in [4.69, 9.17) is 9.47 Å². The maximum Gasteiger partial charge on any atom is 0.426 e. The number of halogens is 17. The van der Waals surface area contributed by atoms with Crippen LogP contribution in [0.15, 0.2) is 0 Å². The molecule has 5 fully saturated rings. The number of rotatable bonds is 16. The molecule has 0 aromatic heterocycles. The summed E-state index contributed by atoms with van der Waals surface area (Å²) in [4.78, 5) is 46.9. The van der Waals surface area contributed by atoms with Gasteiger partial charge in [-0.25, -0.2) is 0 Å². The van der Waals surface area contributed by atoms with Crippen LogP contribution in [0.25, 0.3) is 0 Å². The molecule has 562 valence electrons. The molecule has 14 unspecified atom stereocenters. The van der Waals surface area contributed by atoms with E-state index in [1.165, 1.54) is 41.2 Å². The van der Waals surface area contributed by atoms with Crippen LogP contribution in [0.4, 0.5) is 74.6 Å². The summed E-state index contributed by atoms with van der Waals surface area (Å²) in [5.41, 5.74) is -18.9. The minimum Gasteiger partial charge on any atom is -0.469 e. The van der Waals surface area contributed by atoms with E-state index in [1.807, 2.05) is 48.5 Å². The quantitative estimate of drug-likeness (QED) is 0.0552. The maximum atomic E-state index is 14.4. The molecule has 31 heteroatoms. The number of hydrogen-bond acceptors (Lipinski definition) is 14. The SMILES string of the molecule is CC(O)(CC1CC2CCC1C2)C(F)(F)F.CCC(C)(C)C(=O)OC.CCC(C)(C)C(=O)OC1CC(C(C)(O)C(F)(F)F)CC(C(O)(C(F)(F)F)C(F)(F)F)C1.CCC(C)(C)C(=O)OC1CC(C)(O)OC(C)(C(F)(F)F)C1(F)F.CCC(C)C(=O)OC1CCCCC1C(C)(C)O. The van der Waals surface area contributed by atoms with Crippen molar-refractivity contribution >= 4 is 23.9 Å². The number of carbonyl (C=O) groups excluding carboxylic acids is 4. The molecule has 95 heavy (non-hydrogen) atoms. The lowest BCUT2D eigenvalue weighted by Crippen LogP contribution is -2.71. The lowest BCUT2D eigenvalue weighted by Gasteiger charge is -2.50. The van der Waals surface area contributed by atoms with Crippen LogP contribution < -0.4 is 0 Å². The number of ether oxygens (including phenoxy) is 5. The Morgan fingerprint density at radius 3 is 1.39 bits per heavy atom. The summed E-state index contributed by atoms with van der Waals surface area (Å²) >= 11 is 0. The van der Waals surface area contributed by atoms with Gasteiger partial charge in [0, 0.05) is 24.2 Å². The van der Waals surface area contributed by atoms with Crippen LogP contribution in [0.3, 0.4) is 0 Å². The summed E-state index contributed by atoms with van der Waals surface area (Å²) in [5.74, 6) is -13.3. The van der Waals surface area contributed by atoms with Crippen LogP contribution >= 0.6 is 0 Å². The second-order valence-electron chi connectivity index (χ2n) is 29.5. The van der Waals surface area contributed by atoms with E-state index in [1.54, 1.807) is 13.8 Å². The molecule has 1 saturated heterocycles. The summed E-state index contributed by atoms with van der Waals surface area (Å²) in [7, 11) is 1.42. The third kappa shape index (κ3) is 22.5. The molecule has 0 aromatic carbocycles. The molecular formula is C64H103F17O14.